The molecule has 1 rings (SSSR count). The third-order valence-electron chi connectivity index (χ3n) is 2.16. The van der Waals surface area contributed by atoms with Gasteiger partial charge in [-0.15, -0.1) is 21.8 Å². The lowest BCUT2D eigenvalue weighted by molar-refractivity contribution is -0.138. The monoisotopic (exact) mass is 287 g/mol. The van der Waals surface area contributed by atoms with Gasteiger partial charge in [-0.25, -0.2) is 0 Å². The molecule has 1 heterocycles. The fourth-order valence-corrected chi connectivity index (χ4v) is 2.19. The molecule has 0 aliphatic carbocycles. The Labute approximate surface area is 106 Å². The first kappa shape index (κ1) is 14.5. The van der Waals surface area contributed by atoms with Crippen molar-refractivity contribution < 1.29 is 13.2 Å². The molecule has 3 nitrogen and oxygen atoms in total. The van der Waals surface area contributed by atoms with E-state index in [0.717, 1.165) is 6.42 Å². The van der Waals surface area contributed by atoms with Crippen molar-refractivity contribution in [3.63, 3.8) is 0 Å². The maximum Gasteiger partial charge on any atom is 0.445 e. The molecule has 0 saturated carbocycles. The molecule has 1 N–H and O–H groups in total. The maximum absolute atomic E-state index is 12.3. The van der Waals surface area contributed by atoms with E-state index in [1.54, 1.807) is 0 Å². The Morgan fingerprint density at radius 2 is 1.94 bits per heavy atom. The van der Waals surface area contributed by atoms with E-state index in [4.69, 9.17) is 11.6 Å². The summed E-state index contributed by atoms with van der Waals surface area (Å²) in [4.78, 5) is 0. The second-order valence-electron chi connectivity index (χ2n) is 4.37. The van der Waals surface area contributed by atoms with Gasteiger partial charge in [0.25, 0.3) is 0 Å². The molecule has 8 heteroatoms. The zero-order valence-electron chi connectivity index (χ0n) is 9.44. The van der Waals surface area contributed by atoms with Crippen LogP contribution in [0.15, 0.2) is 0 Å². The van der Waals surface area contributed by atoms with Crippen molar-refractivity contribution in [1.82, 2.24) is 10.2 Å². The molecule has 0 spiro atoms. The molecule has 0 saturated heterocycles. The van der Waals surface area contributed by atoms with Crippen LogP contribution in [0.2, 0.25) is 0 Å². The predicted octanol–water partition coefficient (Wildman–Crippen LogP) is 3.62. The minimum absolute atomic E-state index is 0.0915. The first-order valence-electron chi connectivity index (χ1n) is 4.95. The fourth-order valence-electron chi connectivity index (χ4n) is 1.07. The zero-order valence-corrected chi connectivity index (χ0v) is 11.0. The number of nitrogens with one attached hydrogen (secondary N) is 1. The molecule has 0 amide bonds. The molecule has 0 aliphatic rings. The molecular formula is C9H13ClF3N3S. The number of nitrogens with zero attached hydrogens (tertiary/aromatic N) is 2. The van der Waals surface area contributed by atoms with Crippen LogP contribution in [0.1, 0.15) is 25.3 Å². The van der Waals surface area contributed by atoms with Gasteiger partial charge in [0.05, 0.1) is 0 Å². The van der Waals surface area contributed by atoms with Crippen LogP contribution in [0.25, 0.3) is 0 Å². The highest BCUT2D eigenvalue weighted by molar-refractivity contribution is 7.15. The van der Waals surface area contributed by atoms with Crippen LogP contribution in [-0.2, 0) is 6.18 Å². The van der Waals surface area contributed by atoms with E-state index in [0.29, 0.717) is 23.8 Å². The molecule has 0 bridgehead atoms. The quantitative estimate of drug-likeness (QED) is 0.841. The van der Waals surface area contributed by atoms with Gasteiger partial charge in [0.1, 0.15) is 0 Å². The molecule has 0 atom stereocenters. The van der Waals surface area contributed by atoms with Crippen molar-refractivity contribution in [3.05, 3.63) is 5.01 Å². The smallest absolute Gasteiger partial charge is 0.360 e. The number of alkyl halides is 4. The molecule has 0 aliphatic heterocycles. The topological polar surface area (TPSA) is 37.8 Å². The molecule has 0 aromatic carbocycles. The Kier molecular flexibility index (Phi) is 4.60. The summed E-state index contributed by atoms with van der Waals surface area (Å²) in [7, 11) is 0. The Bertz CT molecular complexity index is 365. The molecule has 98 valence electrons. The lowest BCUT2D eigenvalue weighted by Gasteiger charge is -2.23. The van der Waals surface area contributed by atoms with Crippen molar-refractivity contribution in [2.45, 2.75) is 26.4 Å². The van der Waals surface area contributed by atoms with E-state index >= 15 is 0 Å². The van der Waals surface area contributed by atoms with Crippen LogP contribution in [0.3, 0.4) is 0 Å². The summed E-state index contributed by atoms with van der Waals surface area (Å²) < 4.78 is 36.8. The third kappa shape index (κ3) is 4.67. The summed E-state index contributed by atoms with van der Waals surface area (Å²) in [6.07, 6.45) is -3.66. The van der Waals surface area contributed by atoms with Gasteiger partial charge in [-0.2, -0.15) is 13.2 Å². The summed E-state index contributed by atoms with van der Waals surface area (Å²) >= 11 is 6.14. The van der Waals surface area contributed by atoms with Crippen molar-refractivity contribution in [2.75, 3.05) is 17.7 Å². The van der Waals surface area contributed by atoms with Crippen molar-refractivity contribution in [2.24, 2.45) is 5.41 Å². The molecule has 17 heavy (non-hydrogen) atoms. The first-order chi connectivity index (χ1) is 7.74. The Hall–Kier alpha value is -0.560. The van der Waals surface area contributed by atoms with Crippen molar-refractivity contribution in [1.29, 1.82) is 0 Å². The Balaban J connectivity index is 2.56. The maximum atomic E-state index is 12.3. The highest BCUT2D eigenvalue weighted by Gasteiger charge is 2.35. The molecule has 1 aromatic heterocycles. The van der Waals surface area contributed by atoms with Gasteiger partial charge in [-0.1, -0.05) is 25.2 Å². The second-order valence-corrected chi connectivity index (χ2v) is 5.72. The van der Waals surface area contributed by atoms with Crippen LogP contribution in [0, 0.1) is 5.41 Å². The molecular weight excluding hydrogens is 275 g/mol. The Morgan fingerprint density at radius 3 is 2.41 bits per heavy atom. The van der Waals surface area contributed by atoms with Crippen LogP contribution >= 0.6 is 22.9 Å². The standard InChI is InChI=1S/C9H13ClF3N3S/c1-8(2,3-4-10)5-14-7-16-15-6(17-7)9(11,12)13/h3-5H2,1-2H3,(H,14,16). The predicted molar refractivity (Wildman–Crippen MR) is 62.5 cm³/mol. The number of hydrogen-bond donors (Lipinski definition) is 1. The van der Waals surface area contributed by atoms with Gasteiger partial charge in [-0.3, -0.25) is 0 Å². The van der Waals surface area contributed by atoms with Gasteiger partial charge in [-0.05, 0) is 11.8 Å². The largest absolute Gasteiger partial charge is 0.445 e. The van der Waals surface area contributed by atoms with Gasteiger partial charge in [0.15, 0.2) is 0 Å². The molecule has 0 radical (unpaired) electrons. The van der Waals surface area contributed by atoms with Crippen LogP contribution in [-0.4, -0.2) is 22.6 Å². The van der Waals surface area contributed by atoms with Gasteiger partial charge < -0.3 is 5.32 Å². The summed E-state index contributed by atoms with van der Waals surface area (Å²) in [5, 5.41) is 8.63. The number of halogens is 4. The summed E-state index contributed by atoms with van der Waals surface area (Å²) in [5.41, 5.74) is -0.0915. The number of rotatable bonds is 5. The van der Waals surface area contributed by atoms with E-state index in [1.165, 1.54) is 0 Å². The van der Waals surface area contributed by atoms with Crippen molar-refractivity contribution >= 4 is 28.1 Å². The van der Waals surface area contributed by atoms with Crippen LogP contribution in [0.5, 0.6) is 0 Å². The van der Waals surface area contributed by atoms with Crippen LogP contribution in [0.4, 0.5) is 18.3 Å². The van der Waals surface area contributed by atoms with Gasteiger partial charge >= 0.3 is 6.18 Å². The first-order valence-corrected chi connectivity index (χ1v) is 6.30. The lowest BCUT2D eigenvalue weighted by atomic mass is 9.90. The van der Waals surface area contributed by atoms with Crippen LogP contribution < -0.4 is 5.32 Å². The summed E-state index contributed by atoms with van der Waals surface area (Å²) in [5.74, 6) is 0.513. The van der Waals surface area contributed by atoms with E-state index in [9.17, 15) is 13.2 Å². The number of hydrogen-bond acceptors (Lipinski definition) is 4. The van der Waals surface area contributed by atoms with E-state index in [-0.39, 0.29) is 10.5 Å². The SMILES string of the molecule is CC(C)(CCCl)CNc1nnc(C(F)(F)F)s1. The minimum Gasteiger partial charge on any atom is -0.360 e. The summed E-state index contributed by atoms with van der Waals surface area (Å²) in [6.45, 7) is 4.47. The number of aromatic nitrogens is 2. The van der Waals surface area contributed by atoms with E-state index < -0.39 is 11.2 Å². The summed E-state index contributed by atoms with van der Waals surface area (Å²) in [6, 6.07) is 0. The second kappa shape index (κ2) is 5.39. The van der Waals surface area contributed by atoms with Crippen molar-refractivity contribution in [3.8, 4) is 0 Å². The lowest BCUT2D eigenvalue weighted by Crippen LogP contribution is -2.23. The minimum atomic E-state index is -4.43. The Morgan fingerprint density at radius 1 is 1.29 bits per heavy atom. The highest BCUT2D eigenvalue weighted by Crippen LogP contribution is 2.33. The van der Waals surface area contributed by atoms with E-state index in [1.807, 2.05) is 13.8 Å². The van der Waals surface area contributed by atoms with E-state index in [2.05, 4.69) is 15.5 Å². The third-order valence-corrected chi connectivity index (χ3v) is 3.27. The molecule has 0 fully saturated rings. The normalized spacial score (nSPS) is 12.8. The zero-order chi connectivity index (χ0) is 13.1. The highest BCUT2D eigenvalue weighted by atomic mass is 35.5. The average molecular weight is 288 g/mol. The van der Waals surface area contributed by atoms with Gasteiger partial charge in [0, 0.05) is 12.4 Å². The number of anilines is 1. The fraction of sp³-hybridized carbons (Fsp3) is 0.778. The molecule has 0 unspecified atom stereocenters. The average Bonchev–Trinajstić information content (AvgIpc) is 2.62. The van der Waals surface area contributed by atoms with Gasteiger partial charge in [0.2, 0.25) is 10.1 Å². The molecule has 1 aromatic rings.